The van der Waals surface area contributed by atoms with Crippen LogP contribution in [0.3, 0.4) is 0 Å². The van der Waals surface area contributed by atoms with Crippen LogP contribution in [-0.2, 0) is 19.1 Å². The van der Waals surface area contributed by atoms with Gasteiger partial charge >= 0.3 is 5.97 Å². The highest BCUT2D eigenvalue weighted by Crippen LogP contribution is 2.40. The molecule has 1 fully saturated rings. The van der Waals surface area contributed by atoms with E-state index >= 15 is 0 Å². The van der Waals surface area contributed by atoms with Gasteiger partial charge in [-0.25, -0.2) is 9.69 Å². The molecule has 2 aliphatic heterocycles. The van der Waals surface area contributed by atoms with E-state index in [0.717, 1.165) is 31.0 Å². The summed E-state index contributed by atoms with van der Waals surface area (Å²) in [4.78, 5) is 37.2. The molecule has 0 aliphatic carbocycles. The van der Waals surface area contributed by atoms with Crippen LogP contribution in [0.15, 0.2) is 35.9 Å². The molecule has 1 saturated heterocycles. The second-order valence-corrected chi connectivity index (χ2v) is 7.60. The van der Waals surface area contributed by atoms with Gasteiger partial charge in [0.2, 0.25) is 0 Å². The predicted molar refractivity (Wildman–Crippen MR) is 100 cm³/mol. The average molecular weight is 371 g/mol. The fourth-order valence-corrected chi connectivity index (χ4v) is 3.38. The number of rotatable bonds is 7. The first-order valence-electron chi connectivity index (χ1n) is 9.26. The lowest BCUT2D eigenvalue weighted by Crippen LogP contribution is -2.46. The van der Waals surface area contributed by atoms with Gasteiger partial charge in [0.1, 0.15) is 0 Å². The Balaban J connectivity index is 1.51. The van der Waals surface area contributed by atoms with E-state index in [-0.39, 0.29) is 17.2 Å². The summed E-state index contributed by atoms with van der Waals surface area (Å²) in [7, 11) is 0. The molecule has 0 radical (unpaired) electrons. The zero-order valence-electron chi connectivity index (χ0n) is 16.0. The molecule has 1 aromatic carbocycles. The maximum Gasteiger partial charge on any atom is 0.338 e. The van der Waals surface area contributed by atoms with Crippen LogP contribution in [0, 0.1) is 11.3 Å². The Morgan fingerprint density at radius 3 is 2.37 bits per heavy atom. The lowest BCUT2D eigenvalue weighted by molar-refractivity contribution is -0.145. The van der Waals surface area contributed by atoms with E-state index in [1.807, 2.05) is 0 Å². The number of esters is 1. The molecule has 0 spiro atoms. The molecule has 144 valence electrons. The van der Waals surface area contributed by atoms with Crippen LogP contribution >= 0.6 is 0 Å². The van der Waals surface area contributed by atoms with Gasteiger partial charge in [-0.3, -0.25) is 9.59 Å². The number of imide groups is 1. The number of carbonyl (C=O) groups is 3. The summed E-state index contributed by atoms with van der Waals surface area (Å²) in [5.74, 6) is -0.566. The number of hydrogen-bond acceptors (Lipinski definition) is 5. The molecule has 0 unspecified atom stereocenters. The molecule has 2 heterocycles. The average Bonchev–Trinajstić information content (AvgIpc) is 2.85. The summed E-state index contributed by atoms with van der Waals surface area (Å²) < 4.78 is 10.7. The summed E-state index contributed by atoms with van der Waals surface area (Å²) in [6.45, 7) is 7.92. The van der Waals surface area contributed by atoms with Crippen LogP contribution in [0.2, 0.25) is 0 Å². The van der Waals surface area contributed by atoms with E-state index < -0.39 is 5.97 Å². The van der Waals surface area contributed by atoms with E-state index in [1.54, 1.807) is 31.2 Å². The SMILES string of the molecule is CC1=CC(=O)N(c2ccc(C(=O)OCCCC3(C(C)C)COC3)cc2)C1=O. The number of benzene rings is 1. The van der Waals surface area contributed by atoms with Crippen molar-refractivity contribution in [2.45, 2.75) is 33.6 Å². The molecule has 27 heavy (non-hydrogen) atoms. The fourth-order valence-electron chi connectivity index (χ4n) is 3.38. The van der Waals surface area contributed by atoms with Gasteiger partial charge in [-0.2, -0.15) is 0 Å². The molecule has 0 bridgehead atoms. The Hall–Kier alpha value is -2.47. The Morgan fingerprint density at radius 1 is 1.22 bits per heavy atom. The Morgan fingerprint density at radius 2 is 1.89 bits per heavy atom. The molecular weight excluding hydrogens is 346 g/mol. The van der Waals surface area contributed by atoms with E-state index in [2.05, 4.69) is 13.8 Å². The van der Waals surface area contributed by atoms with E-state index in [0.29, 0.717) is 29.3 Å². The first-order chi connectivity index (χ1) is 12.8. The van der Waals surface area contributed by atoms with Crippen LogP contribution in [0.4, 0.5) is 5.69 Å². The van der Waals surface area contributed by atoms with Gasteiger partial charge in [-0.05, 0) is 49.9 Å². The number of nitrogens with zero attached hydrogens (tertiary/aromatic N) is 1. The lowest BCUT2D eigenvalue weighted by atomic mass is 9.72. The van der Waals surface area contributed by atoms with Gasteiger partial charge in [0, 0.05) is 17.1 Å². The number of amides is 2. The number of ether oxygens (including phenoxy) is 2. The second-order valence-electron chi connectivity index (χ2n) is 7.60. The zero-order valence-corrected chi connectivity index (χ0v) is 16.0. The van der Waals surface area contributed by atoms with Crippen molar-refractivity contribution in [3.8, 4) is 0 Å². The Labute approximate surface area is 159 Å². The summed E-state index contributed by atoms with van der Waals surface area (Å²) >= 11 is 0. The largest absolute Gasteiger partial charge is 0.462 e. The smallest absolute Gasteiger partial charge is 0.338 e. The number of carbonyl (C=O) groups excluding carboxylic acids is 3. The van der Waals surface area contributed by atoms with Crippen LogP contribution in [0.5, 0.6) is 0 Å². The van der Waals surface area contributed by atoms with E-state index in [1.165, 1.54) is 6.08 Å². The minimum absolute atomic E-state index is 0.217. The van der Waals surface area contributed by atoms with Crippen molar-refractivity contribution >= 4 is 23.5 Å². The third-order valence-corrected chi connectivity index (χ3v) is 5.52. The molecule has 0 saturated carbocycles. The Bertz CT molecular complexity index is 774. The van der Waals surface area contributed by atoms with Crippen molar-refractivity contribution in [2.75, 3.05) is 24.7 Å². The summed E-state index contributed by atoms with van der Waals surface area (Å²) in [5, 5.41) is 0. The van der Waals surface area contributed by atoms with Crippen LogP contribution in [0.1, 0.15) is 44.0 Å². The quantitative estimate of drug-likeness (QED) is 0.418. The third kappa shape index (κ3) is 3.81. The van der Waals surface area contributed by atoms with Gasteiger partial charge in [0.25, 0.3) is 11.8 Å². The van der Waals surface area contributed by atoms with Gasteiger partial charge < -0.3 is 9.47 Å². The van der Waals surface area contributed by atoms with Gasteiger partial charge in [0.15, 0.2) is 0 Å². The third-order valence-electron chi connectivity index (χ3n) is 5.52. The molecule has 6 heteroatoms. The second kappa shape index (κ2) is 7.64. The van der Waals surface area contributed by atoms with Crippen molar-refractivity contribution in [3.05, 3.63) is 41.5 Å². The Kier molecular flexibility index (Phi) is 5.46. The van der Waals surface area contributed by atoms with Gasteiger partial charge in [-0.15, -0.1) is 0 Å². The summed E-state index contributed by atoms with van der Waals surface area (Å²) in [6, 6.07) is 6.30. The standard InChI is InChI=1S/C21H25NO5/c1-14(2)21(12-26-13-21)9-4-10-27-20(25)16-5-7-17(8-6-16)22-18(23)11-15(3)19(22)24/h5-8,11,14H,4,9-10,12-13H2,1-3H3. The molecule has 0 aromatic heterocycles. The molecule has 2 amide bonds. The van der Waals surface area contributed by atoms with Crippen molar-refractivity contribution in [2.24, 2.45) is 11.3 Å². The summed E-state index contributed by atoms with van der Waals surface area (Å²) in [5.41, 5.74) is 1.46. The molecule has 0 atom stereocenters. The van der Waals surface area contributed by atoms with Crippen LogP contribution in [-0.4, -0.2) is 37.6 Å². The first-order valence-corrected chi connectivity index (χ1v) is 9.26. The minimum Gasteiger partial charge on any atom is -0.462 e. The van der Waals surface area contributed by atoms with Crippen molar-refractivity contribution in [3.63, 3.8) is 0 Å². The monoisotopic (exact) mass is 371 g/mol. The highest BCUT2D eigenvalue weighted by Gasteiger charge is 2.40. The van der Waals surface area contributed by atoms with Gasteiger partial charge in [-0.1, -0.05) is 13.8 Å². The number of hydrogen-bond donors (Lipinski definition) is 0. The normalized spacial score (nSPS) is 18.5. The highest BCUT2D eigenvalue weighted by molar-refractivity contribution is 6.30. The van der Waals surface area contributed by atoms with E-state index in [9.17, 15) is 14.4 Å². The molecule has 6 nitrogen and oxygen atoms in total. The first kappa shape index (κ1) is 19.3. The lowest BCUT2D eigenvalue weighted by Gasteiger charge is -2.45. The van der Waals surface area contributed by atoms with Gasteiger partial charge in [0.05, 0.1) is 31.1 Å². The van der Waals surface area contributed by atoms with Crippen LogP contribution in [0.25, 0.3) is 0 Å². The molecule has 2 aliphatic rings. The van der Waals surface area contributed by atoms with Crippen molar-refractivity contribution in [1.29, 1.82) is 0 Å². The van der Waals surface area contributed by atoms with Crippen molar-refractivity contribution in [1.82, 2.24) is 0 Å². The molecule has 3 rings (SSSR count). The van der Waals surface area contributed by atoms with Crippen molar-refractivity contribution < 1.29 is 23.9 Å². The fraction of sp³-hybridized carbons (Fsp3) is 0.476. The minimum atomic E-state index is -0.404. The van der Waals surface area contributed by atoms with Crippen LogP contribution < -0.4 is 4.90 Å². The maximum atomic E-state index is 12.2. The molecule has 0 N–H and O–H groups in total. The highest BCUT2D eigenvalue weighted by atomic mass is 16.5. The topological polar surface area (TPSA) is 72.9 Å². The zero-order chi connectivity index (χ0) is 19.6. The summed E-state index contributed by atoms with van der Waals surface area (Å²) in [6.07, 6.45) is 3.08. The number of anilines is 1. The molecular formula is C21H25NO5. The van der Waals surface area contributed by atoms with E-state index in [4.69, 9.17) is 9.47 Å². The predicted octanol–water partition coefficient (Wildman–Crippen LogP) is 3.12. The molecule has 1 aromatic rings. The maximum absolute atomic E-state index is 12.2.